The molecule has 2 N–H and O–H groups in total. The van der Waals surface area contributed by atoms with Gasteiger partial charge < -0.3 is 20.1 Å². The van der Waals surface area contributed by atoms with Crippen LogP contribution in [0.1, 0.15) is 36.0 Å². The fourth-order valence-corrected chi connectivity index (χ4v) is 4.78. The maximum absolute atomic E-state index is 12.6. The van der Waals surface area contributed by atoms with Crippen LogP contribution in [0.25, 0.3) is 0 Å². The molecule has 1 aromatic carbocycles. The predicted molar refractivity (Wildman–Crippen MR) is 90.5 cm³/mol. The van der Waals surface area contributed by atoms with Crippen LogP contribution in [0.4, 0.5) is 4.79 Å². The highest BCUT2D eigenvalue weighted by Crippen LogP contribution is 2.48. The van der Waals surface area contributed by atoms with Gasteiger partial charge in [0.05, 0.1) is 19.8 Å². The van der Waals surface area contributed by atoms with E-state index in [9.17, 15) is 9.90 Å². The molecule has 1 aromatic rings. The summed E-state index contributed by atoms with van der Waals surface area (Å²) in [6, 6.07) is 6.24. The third-order valence-corrected chi connectivity index (χ3v) is 6.20. The molecule has 1 aliphatic carbocycles. The zero-order chi connectivity index (χ0) is 16.6. The number of hydrogen-bond acceptors (Lipinski definition) is 3. The molecule has 0 aromatic heterocycles. The number of likely N-dealkylation sites (tertiary alicyclic amines) is 1. The molecule has 2 aliphatic heterocycles. The van der Waals surface area contributed by atoms with Gasteiger partial charge in [0.2, 0.25) is 0 Å². The number of aliphatic hydroxyl groups excluding tert-OH is 1. The van der Waals surface area contributed by atoms with E-state index in [1.54, 1.807) is 0 Å². The lowest BCUT2D eigenvalue weighted by Gasteiger charge is -2.26. The van der Waals surface area contributed by atoms with Gasteiger partial charge in [0.25, 0.3) is 0 Å². The number of carbonyl (C=O) groups is 1. The quantitative estimate of drug-likeness (QED) is 0.892. The summed E-state index contributed by atoms with van der Waals surface area (Å²) >= 11 is 0. The Morgan fingerprint density at radius 3 is 3.21 bits per heavy atom. The standard InChI is InChI=1S/C19H26N2O3/c22-13-19-7-2-5-16(19)10-21(12-19)18(23)20-9-14-3-1-4-15-11-24-8-6-17(14)15/h1,3-4,16,22H,2,5-13H2,(H,20,23)/t16-,19+/m0/s1. The third-order valence-electron chi connectivity index (χ3n) is 6.20. The molecule has 3 aliphatic rings. The number of benzene rings is 1. The minimum atomic E-state index is -0.0411. The molecule has 0 bridgehead atoms. The Morgan fingerprint density at radius 1 is 1.46 bits per heavy atom. The van der Waals surface area contributed by atoms with Gasteiger partial charge in [0.15, 0.2) is 0 Å². The van der Waals surface area contributed by atoms with Crippen molar-refractivity contribution in [2.45, 2.75) is 38.8 Å². The fraction of sp³-hybridized carbons (Fsp3) is 0.632. The van der Waals surface area contributed by atoms with Crippen LogP contribution in [0.2, 0.25) is 0 Å². The molecule has 0 radical (unpaired) electrons. The van der Waals surface area contributed by atoms with Crippen LogP contribution < -0.4 is 5.32 Å². The molecular weight excluding hydrogens is 304 g/mol. The van der Waals surface area contributed by atoms with Gasteiger partial charge in [-0.1, -0.05) is 24.6 Å². The van der Waals surface area contributed by atoms with Crippen LogP contribution in [0, 0.1) is 11.3 Å². The van der Waals surface area contributed by atoms with E-state index in [1.165, 1.54) is 23.1 Å². The molecule has 2 amide bonds. The molecule has 0 spiro atoms. The van der Waals surface area contributed by atoms with Gasteiger partial charge in [0, 0.05) is 25.0 Å². The normalized spacial score (nSPS) is 28.5. The second-order valence-electron chi connectivity index (χ2n) is 7.51. The van der Waals surface area contributed by atoms with Crippen LogP contribution in [0.3, 0.4) is 0 Å². The van der Waals surface area contributed by atoms with Crippen LogP contribution in [0.15, 0.2) is 18.2 Å². The number of urea groups is 1. The number of nitrogens with zero attached hydrogens (tertiary/aromatic N) is 1. The van der Waals surface area contributed by atoms with Crippen molar-refractivity contribution in [1.29, 1.82) is 0 Å². The minimum Gasteiger partial charge on any atom is -0.396 e. The lowest BCUT2D eigenvalue weighted by Crippen LogP contribution is -2.40. The first-order valence-corrected chi connectivity index (χ1v) is 9.03. The second kappa shape index (κ2) is 6.37. The largest absolute Gasteiger partial charge is 0.396 e. The molecule has 2 fully saturated rings. The number of rotatable bonds is 3. The molecule has 5 nitrogen and oxygen atoms in total. The van der Waals surface area contributed by atoms with Crippen LogP contribution in [0.5, 0.6) is 0 Å². The molecular formula is C19H26N2O3. The van der Waals surface area contributed by atoms with E-state index in [2.05, 4.69) is 17.4 Å². The van der Waals surface area contributed by atoms with E-state index >= 15 is 0 Å². The molecule has 1 saturated carbocycles. The van der Waals surface area contributed by atoms with Crippen LogP contribution >= 0.6 is 0 Å². The smallest absolute Gasteiger partial charge is 0.317 e. The number of amides is 2. The monoisotopic (exact) mass is 330 g/mol. The average Bonchev–Trinajstić information content (AvgIpc) is 3.17. The molecule has 24 heavy (non-hydrogen) atoms. The Balaban J connectivity index is 1.40. The predicted octanol–water partition coefficient (Wildman–Crippen LogP) is 2.06. The second-order valence-corrected chi connectivity index (χ2v) is 7.51. The number of carbonyl (C=O) groups excluding carboxylic acids is 1. The maximum Gasteiger partial charge on any atom is 0.317 e. The highest BCUT2D eigenvalue weighted by atomic mass is 16.5. The Labute approximate surface area is 143 Å². The fourth-order valence-electron chi connectivity index (χ4n) is 4.78. The third kappa shape index (κ3) is 2.70. The number of ether oxygens (including phenoxy) is 1. The summed E-state index contributed by atoms with van der Waals surface area (Å²) in [7, 11) is 0. The van der Waals surface area contributed by atoms with Gasteiger partial charge in [-0.2, -0.15) is 0 Å². The summed E-state index contributed by atoms with van der Waals surface area (Å²) in [5.41, 5.74) is 3.72. The van der Waals surface area contributed by atoms with Crippen molar-refractivity contribution in [3.8, 4) is 0 Å². The zero-order valence-electron chi connectivity index (χ0n) is 14.1. The molecule has 1 saturated heterocycles. The van der Waals surface area contributed by atoms with Crippen molar-refractivity contribution >= 4 is 6.03 Å². The van der Waals surface area contributed by atoms with E-state index in [4.69, 9.17) is 4.74 Å². The van der Waals surface area contributed by atoms with Crippen LogP contribution in [-0.4, -0.2) is 42.3 Å². The average molecular weight is 330 g/mol. The molecule has 130 valence electrons. The van der Waals surface area contributed by atoms with Crippen molar-refractivity contribution in [3.05, 3.63) is 34.9 Å². The zero-order valence-corrected chi connectivity index (χ0v) is 14.1. The lowest BCUT2D eigenvalue weighted by molar-refractivity contribution is 0.110. The molecule has 4 rings (SSSR count). The van der Waals surface area contributed by atoms with Gasteiger partial charge in [-0.3, -0.25) is 0 Å². The summed E-state index contributed by atoms with van der Waals surface area (Å²) in [6.07, 6.45) is 4.28. The van der Waals surface area contributed by atoms with E-state index in [-0.39, 0.29) is 18.1 Å². The first kappa shape index (κ1) is 15.9. The molecule has 2 heterocycles. The van der Waals surface area contributed by atoms with Gasteiger partial charge in [-0.25, -0.2) is 4.79 Å². The summed E-state index contributed by atoms with van der Waals surface area (Å²) in [4.78, 5) is 14.5. The number of aliphatic hydroxyl groups is 1. The Morgan fingerprint density at radius 2 is 2.38 bits per heavy atom. The van der Waals surface area contributed by atoms with Crippen LogP contribution in [-0.2, 0) is 24.3 Å². The summed E-state index contributed by atoms with van der Waals surface area (Å²) < 4.78 is 5.50. The van der Waals surface area contributed by atoms with Gasteiger partial charge >= 0.3 is 6.03 Å². The molecule has 5 heteroatoms. The van der Waals surface area contributed by atoms with Crippen molar-refractivity contribution in [2.24, 2.45) is 11.3 Å². The number of fused-ring (bicyclic) bond motifs is 2. The maximum atomic E-state index is 12.6. The van der Waals surface area contributed by atoms with Crippen molar-refractivity contribution < 1.29 is 14.6 Å². The minimum absolute atomic E-state index is 0.00175. The first-order chi connectivity index (χ1) is 11.7. The molecule has 2 atom stereocenters. The van der Waals surface area contributed by atoms with Gasteiger partial charge in [-0.05, 0) is 41.9 Å². The van der Waals surface area contributed by atoms with Crippen molar-refractivity contribution in [2.75, 3.05) is 26.3 Å². The van der Waals surface area contributed by atoms with E-state index in [0.29, 0.717) is 25.6 Å². The number of nitrogens with one attached hydrogen (secondary N) is 1. The van der Waals surface area contributed by atoms with Crippen molar-refractivity contribution in [3.63, 3.8) is 0 Å². The topological polar surface area (TPSA) is 61.8 Å². The highest BCUT2D eigenvalue weighted by molar-refractivity contribution is 5.74. The van der Waals surface area contributed by atoms with E-state index in [1.807, 2.05) is 11.0 Å². The van der Waals surface area contributed by atoms with E-state index in [0.717, 1.165) is 32.4 Å². The summed E-state index contributed by atoms with van der Waals surface area (Å²) in [6.45, 7) is 3.67. The SMILES string of the molecule is O=C(NCc1cccc2c1CCOC2)N1C[C@@H]2CCC[C@]2(CO)C1. The first-order valence-electron chi connectivity index (χ1n) is 9.03. The van der Waals surface area contributed by atoms with Gasteiger partial charge in [-0.15, -0.1) is 0 Å². The highest BCUT2D eigenvalue weighted by Gasteiger charge is 2.50. The number of hydrogen-bond donors (Lipinski definition) is 2. The van der Waals surface area contributed by atoms with E-state index < -0.39 is 0 Å². The Bertz CT molecular complexity index is 633. The molecule has 0 unspecified atom stereocenters. The van der Waals surface area contributed by atoms with Gasteiger partial charge in [0.1, 0.15) is 0 Å². The summed E-state index contributed by atoms with van der Waals surface area (Å²) in [5.74, 6) is 0.467. The Hall–Kier alpha value is -1.59. The Kier molecular flexibility index (Phi) is 4.22. The summed E-state index contributed by atoms with van der Waals surface area (Å²) in [5, 5.41) is 12.9. The lowest BCUT2D eigenvalue weighted by atomic mass is 9.82. The van der Waals surface area contributed by atoms with Crippen molar-refractivity contribution in [1.82, 2.24) is 10.2 Å².